The molecule has 0 spiro atoms. The zero-order valence-electron chi connectivity index (χ0n) is 6.66. The Kier molecular flexibility index (Phi) is 4.13. The van der Waals surface area contributed by atoms with E-state index in [1.165, 1.54) is 21.3 Å². The van der Waals surface area contributed by atoms with Gasteiger partial charge in [0.1, 0.15) is 0 Å². The Bertz CT molecular complexity index is 128. The lowest BCUT2D eigenvalue weighted by molar-refractivity contribution is 0.134. The highest BCUT2D eigenvalue weighted by Crippen LogP contribution is 2.51. The van der Waals surface area contributed by atoms with Crippen LogP contribution in [0, 0.1) is 0 Å². The first-order chi connectivity index (χ1) is 4.60. The molecule has 4 nitrogen and oxygen atoms in total. The van der Waals surface area contributed by atoms with Crippen molar-refractivity contribution in [1.82, 2.24) is 0 Å². The van der Waals surface area contributed by atoms with Crippen LogP contribution in [0.3, 0.4) is 0 Å². The Morgan fingerprint density at radius 2 is 1.60 bits per heavy atom. The topological polar surface area (TPSA) is 44.8 Å². The summed E-state index contributed by atoms with van der Waals surface area (Å²) in [5.41, 5.74) is 0. The fourth-order valence-corrected chi connectivity index (χ4v) is 1.50. The van der Waals surface area contributed by atoms with Crippen molar-refractivity contribution in [2.45, 2.75) is 12.8 Å². The van der Waals surface area contributed by atoms with Crippen LogP contribution in [0.25, 0.3) is 0 Å². The van der Waals surface area contributed by atoms with Gasteiger partial charge in [-0.05, 0) is 6.92 Å². The third-order valence-electron chi connectivity index (χ3n) is 1.30. The fourth-order valence-electron chi connectivity index (χ4n) is 0.501. The molecule has 5 heteroatoms. The minimum atomic E-state index is -2.99. The highest BCUT2D eigenvalue weighted by molar-refractivity contribution is 7.54. The molecule has 0 aromatic heterocycles. The Morgan fingerprint density at radius 1 is 1.20 bits per heavy atom. The van der Waals surface area contributed by atoms with E-state index in [1.54, 1.807) is 6.92 Å². The van der Waals surface area contributed by atoms with E-state index in [0.717, 1.165) is 0 Å². The lowest BCUT2D eigenvalue weighted by Crippen LogP contribution is -2.08. The van der Waals surface area contributed by atoms with Crippen molar-refractivity contribution in [3.05, 3.63) is 0 Å². The Balaban J connectivity index is 4.18. The van der Waals surface area contributed by atoms with Crippen LogP contribution in [0.15, 0.2) is 0 Å². The van der Waals surface area contributed by atoms with Crippen molar-refractivity contribution in [3.8, 4) is 0 Å². The lowest BCUT2D eigenvalue weighted by Gasteiger charge is -2.18. The average molecular weight is 168 g/mol. The van der Waals surface area contributed by atoms with Gasteiger partial charge in [-0.2, -0.15) is 0 Å². The predicted molar refractivity (Wildman–Crippen MR) is 38.1 cm³/mol. The molecule has 62 valence electrons. The van der Waals surface area contributed by atoms with Crippen molar-refractivity contribution < 1.29 is 18.3 Å². The molecule has 0 saturated carbocycles. The Morgan fingerprint density at radius 3 is 1.70 bits per heavy atom. The third-order valence-corrected chi connectivity index (χ3v) is 3.41. The van der Waals surface area contributed by atoms with Crippen LogP contribution in [0.5, 0.6) is 0 Å². The van der Waals surface area contributed by atoms with E-state index in [4.69, 9.17) is 4.74 Å². The Hall–Kier alpha value is 0.110. The lowest BCUT2D eigenvalue weighted by atomic mass is 10.9. The van der Waals surface area contributed by atoms with Crippen LogP contribution in [0.2, 0.25) is 0 Å². The van der Waals surface area contributed by atoms with E-state index in [1.807, 2.05) is 0 Å². The molecule has 0 aromatic rings. The van der Waals surface area contributed by atoms with Gasteiger partial charge in [-0.3, -0.25) is 4.57 Å². The molecule has 0 N–H and O–H groups in total. The monoisotopic (exact) mass is 168 g/mol. The van der Waals surface area contributed by atoms with E-state index in [-0.39, 0.29) is 0 Å². The molecule has 1 unspecified atom stereocenters. The van der Waals surface area contributed by atoms with E-state index in [2.05, 4.69) is 9.05 Å². The van der Waals surface area contributed by atoms with Crippen LogP contribution in [0.1, 0.15) is 6.92 Å². The van der Waals surface area contributed by atoms with Crippen LogP contribution in [0.4, 0.5) is 0 Å². The molecule has 0 saturated heterocycles. The number of hydrogen-bond donors (Lipinski definition) is 0. The molecule has 1 atom stereocenters. The first-order valence-electron chi connectivity index (χ1n) is 2.84. The fraction of sp³-hybridized carbons (Fsp3) is 1.00. The molecule has 0 bridgehead atoms. The number of ether oxygens (including phenoxy) is 1. The molecule has 0 radical (unpaired) electrons. The van der Waals surface area contributed by atoms with Crippen molar-refractivity contribution in [3.63, 3.8) is 0 Å². The molecule has 0 rings (SSSR count). The van der Waals surface area contributed by atoms with Gasteiger partial charge >= 0.3 is 7.60 Å². The van der Waals surface area contributed by atoms with Crippen molar-refractivity contribution >= 4 is 7.60 Å². The molecule has 0 aliphatic carbocycles. The van der Waals surface area contributed by atoms with E-state index >= 15 is 0 Å². The highest BCUT2D eigenvalue weighted by Gasteiger charge is 2.29. The molecular formula is C5H13O4P. The van der Waals surface area contributed by atoms with Crippen molar-refractivity contribution in [2.24, 2.45) is 0 Å². The number of methoxy groups -OCH3 is 1. The van der Waals surface area contributed by atoms with Gasteiger partial charge in [0.15, 0.2) is 5.85 Å². The second-order valence-electron chi connectivity index (χ2n) is 1.74. The SMILES string of the molecule is COC(C)P(=O)(OC)OC. The van der Waals surface area contributed by atoms with Gasteiger partial charge in [0.2, 0.25) is 0 Å². The minimum absolute atomic E-state index is 0.512. The van der Waals surface area contributed by atoms with E-state index in [0.29, 0.717) is 0 Å². The summed E-state index contributed by atoms with van der Waals surface area (Å²) in [5.74, 6) is -0.512. The smallest absolute Gasteiger partial charge is 0.358 e. The summed E-state index contributed by atoms with van der Waals surface area (Å²) in [6.45, 7) is 1.63. The average Bonchev–Trinajstić information content (AvgIpc) is 2.01. The van der Waals surface area contributed by atoms with Crippen molar-refractivity contribution in [2.75, 3.05) is 21.3 Å². The van der Waals surface area contributed by atoms with Gasteiger partial charge in [-0.1, -0.05) is 0 Å². The minimum Gasteiger partial charge on any atom is -0.369 e. The van der Waals surface area contributed by atoms with Gasteiger partial charge < -0.3 is 13.8 Å². The number of hydrogen-bond acceptors (Lipinski definition) is 4. The Labute approximate surface area is 61.0 Å². The third kappa shape index (κ3) is 2.06. The quantitative estimate of drug-likeness (QED) is 0.596. The first kappa shape index (κ1) is 10.1. The molecule has 0 aliphatic rings. The zero-order chi connectivity index (χ0) is 8.20. The maximum Gasteiger partial charge on any atom is 0.358 e. The van der Waals surface area contributed by atoms with Gasteiger partial charge in [0.25, 0.3) is 0 Å². The van der Waals surface area contributed by atoms with E-state index in [9.17, 15) is 4.57 Å². The summed E-state index contributed by atoms with van der Waals surface area (Å²) in [6, 6.07) is 0. The molecular weight excluding hydrogens is 155 g/mol. The normalized spacial score (nSPS) is 15.2. The molecule has 10 heavy (non-hydrogen) atoms. The van der Waals surface area contributed by atoms with Gasteiger partial charge in [0, 0.05) is 21.3 Å². The summed E-state index contributed by atoms with van der Waals surface area (Å²) in [5, 5.41) is 0. The molecule has 0 aliphatic heterocycles. The van der Waals surface area contributed by atoms with Gasteiger partial charge in [-0.25, -0.2) is 0 Å². The summed E-state index contributed by atoms with van der Waals surface area (Å²) < 4.78 is 25.4. The maximum absolute atomic E-state index is 11.3. The predicted octanol–water partition coefficient (Wildman–Crippen LogP) is 1.46. The summed E-state index contributed by atoms with van der Waals surface area (Å²) in [6.07, 6.45) is 0. The molecule has 0 heterocycles. The second kappa shape index (κ2) is 4.09. The summed E-state index contributed by atoms with van der Waals surface area (Å²) in [4.78, 5) is 0. The van der Waals surface area contributed by atoms with Gasteiger partial charge in [-0.15, -0.1) is 0 Å². The largest absolute Gasteiger partial charge is 0.369 e. The molecule has 0 aromatic carbocycles. The van der Waals surface area contributed by atoms with Crippen LogP contribution in [-0.4, -0.2) is 27.2 Å². The molecule has 0 fully saturated rings. The highest BCUT2D eigenvalue weighted by atomic mass is 31.2. The standard InChI is InChI=1S/C5H13O4P/c1-5(7-2)10(6,8-3)9-4/h5H,1-4H3. The number of rotatable bonds is 4. The first-order valence-corrected chi connectivity index (χ1v) is 4.46. The summed E-state index contributed by atoms with van der Waals surface area (Å²) >= 11 is 0. The maximum atomic E-state index is 11.3. The second-order valence-corrected chi connectivity index (χ2v) is 4.28. The van der Waals surface area contributed by atoms with E-state index < -0.39 is 13.4 Å². The van der Waals surface area contributed by atoms with Crippen molar-refractivity contribution in [1.29, 1.82) is 0 Å². The van der Waals surface area contributed by atoms with Gasteiger partial charge in [0.05, 0.1) is 0 Å². The summed E-state index contributed by atoms with van der Waals surface area (Å²) in [7, 11) is 1.13. The van der Waals surface area contributed by atoms with Crippen LogP contribution >= 0.6 is 7.60 Å². The van der Waals surface area contributed by atoms with Crippen LogP contribution in [-0.2, 0) is 18.3 Å². The zero-order valence-corrected chi connectivity index (χ0v) is 7.55. The molecule has 0 amide bonds. The van der Waals surface area contributed by atoms with Crippen LogP contribution < -0.4 is 0 Å².